The Kier molecular flexibility index (Phi) is 4.44. The lowest BCUT2D eigenvalue weighted by Crippen LogP contribution is -2.08. The number of hydrogen-bond acceptors (Lipinski definition) is 6. The van der Waals surface area contributed by atoms with Crippen molar-refractivity contribution in [1.29, 1.82) is 0 Å². The number of fused-ring (bicyclic) bond motifs is 2. The van der Waals surface area contributed by atoms with Crippen molar-refractivity contribution < 1.29 is 4.39 Å². The fraction of sp³-hybridized carbons (Fsp3) is 0.0833. The summed E-state index contributed by atoms with van der Waals surface area (Å²) in [5.74, 6) is 0.227. The summed E-state index contributed by atoms with van der Waals surface area (Å²) in [6.45, 7) is 0. The maximum absolute atomic E-state index is 15.0. The van der Waals surface area contributed by atoms with Gasteiger partial charge in [-0.15, -0.1) is 0 Å². The first-order valence-electron chi connectivity index (χ1n) is 10.3. The van der Waals surface area contributed by atoms with Crippen LogP contribution < -0.4 is 4.90 Å². The maximum Gasteiger partial charge on any atom is 0.160 e. The Bertz CT molecular complexity index is 1620. The van der Waals surface area contributed by atoms with Gasteiger partial charge in [-0.05, 0) is 40.6 Å². The highest BCUT2D eigenvalue weighted by atomic mass is 32.1. The van der Waals surface area contributed by atoms with E-state index >= 15 is 4.39 Å². The van der Waals surface area contributed by atoms with E-state index in [4.69, 9.17) is 4.98 Å². The zero-order valence-electron chi connectivity index (χ0n) is 17.8. The normalized spacial score (nSPS) is 11.5. The zero-order valence-corrected chi connectivity index (χ0v) is 18.6. The topological polar surface area (TPSA) is 86.4 Å². The van der Waals surface area contributed by atoms with Gasteiger partial charge in [0.25, 0.3) is 0 Å². The molecule has 0 fully saturated rings. The van der Waals surface area contributed by atoms with Crippen LogP contribution in [0.25, 0.3) is 55.8 Å². The molecule has 0 saturated carbocycles. The average molecular weight is 456 g/mol. The molecule has 0 radical (unpaired) electrons. The molecule has 6 aromatic rings. The molecule has 2 N–H and O–H groups in total. The van der Waals surface area contributed by atoms with E-state index in [0.717, 1.165) is 27.7 Å². The quantitative estimate of drug-likeness (QED) is 0.367. The Morgan fingerprint density at radius 1 is 1.03 bits per heavy atom. The molecular formula is C24H18FN7S. The molecular weight excluding hydrogens is 437 g/mol. The highest BCUT2D eigenvalue weighted by Crippen LogP contribution is 2.34. The third kappa shape index (κ3) is 3.25. The summed E-state index contributed by atoms with van der Waals surface area (Å²) in [7, 11) is 3.85. The summed E-state index contributed by atoms with van der Waals surface area (Å²) >= 11 is 1.63. The van der Waals surface area contributed by atoms with Crippen LogP contribution in [0.5, 0.6) is 0 Å². The molecule has 0 unspecified atom stereocenters. The van der Waals surface area contributed by atoms with Crippen molar-refractivity contribution in [3.05, 3.63) is 65.5 Å². The molecule has 162 valence electrons. The minimum Gasteiger partial charge on any atom is -0.376 e. The lowest BCUT2D eigenvalue weighted by Gasteiger charge is -2.13. The number of thiophene rings is 1. The Balaban J connectivity index is 1.52. The van der Waals surface area contributed by atoms with Gasteiger partial charge < -0.3 is 9.88 Å². The monoisotopic (exact) mass is 455 g/mol. The standard InChI is InChI=1S/C24H18FN7S/c1-32(2)15-7-14(10-26-11-15)17-8-18-20(9-19(17)25)30-31-22(18)24-28-21-16(13-4-6-33-12-13)3-5-27-23(21)29-24/h3-12H,1-2H3,(H,30,31)(H,27,28,29). The lowest BCUT2D eigenvalue weighted by atomic mass is 10.0. The molecule has 0 spiro atoms. The van der Waals surface area contributed by atoms with Crippen LogP contribution in [-0.4, -0.2) is 44.2 Å². The van der Waals surface area contributed by atoms with E-state index in [1.165, 1.54) is 6.07 Å². The second kappa shape index (κ2) is 7.49. The largest absolute Gasteiger partial charge is 0.376 e. The van der Waals surface area contributed by atoms with Crippen molar-refractivity contribution in [3.63, 3.8) is 0 Å². The zero-order chi connectivity index (χ0) is 22.5. The number of aromatic amines is 2. The molecule has 0 bridgehead atoms. The summed E-state index contributed by atoms with van der Waals surface area (Å²) in [5.41, 5.74) is 6.78. The molecule has 0 amide bonds. The fourth-order valence-corrected chi connectivity index (χ4v) is 4.59. The number of H-pyrrole nitrogens is 2. The van der Waals surface area contributed by atoms with E-state index < -0.39 is 0 Å². The van der Waals surface area contributed by atoms with Crippen molar-refractivity contribution in [3.8, 4) is 33.8 Å². The van der Waals surface area contributed by atoms with Crippen molar-refractivity contribution >= 4 is 39.1 Å². The number of halogens is 1. The van der Waals surface area contributed by atoms with Gasteiger partial charge in [0.05, 0.1) is 17.4 Å². The molecule has 5 aromatic heterocycles. The first-order chi connectivity index (χ1) is 16.1. The van der Waals surface area contributed by atoms with E-state index in [1.54, 1.807) is 36.0 Å². The van der Waals surface area contributed by atoms with Crippen LogP contribution in [0.15, 0.2) is 59.7 Å². The molecule has 0 saturated heterocycles. The van der Waals surface area contributed by atoms with Gasteiger partial charge in [-0.25, -0.2) is 14.4 Å². The highest BCUT2D eigenvalue weighted by Gasteiger charge is 2.18. The molecule has 9 heteroatoms. The first-order valence-corrected chi connectivity index (χ1v) is 11.2. The van der Waals surface area contributed by atoms with E-state index in [2.05, 4.69) is 36.6 Å². The number of imidazole rings is 1. The van der Waals surface area contributed by atoms with E-state index in [9.17, 15) is 0 Å². The summed E-state index contributed by atoms with van der Waals surface area (Å²) in [5, 5.41) is 12.2. The molecule has 7 nitrogen and oxygen atoms in total. The highest BCUT2D eigenvalue weighted by molar-refractivity contribution is 7.08. The Labute approximate surface area is 192 Å². The number of nitrogens with one attached hydrogen (secondary N) is 2. The van der Waals surface area contributed by atoms with Gasteiger partial charge in [-0.1, -0.05) is 0 Å². The van der Waals surface area contributed by atoms with Crippen LogP contribution in [0.4, 0.5) is 10.1 Å². The minimum atomic E-state index is -0.346. The molecule has 6 rings (SSSR count). The van der Waals surface area contributed by atoms with E-state index in [1.807, 2.05) is 36.5 Å². The van der Waals surface area contributed by atoms with Gasteiger partial charge in [0, 0.05) is 54.6 Å². The summed E-state index contributed by atoms with van der Waals surface area (Å²) in [6, 6.07) is 9.18. The molecule has 5 heterocycles. The van der Waals surface area contributed by atoms with E-state index in [-0.39, 0.29) is 5.82 Å². The second-order valence-electron chi connectivity index (χ2n) is 7.93. The summed E-state index contributed by atoms with van der Waals surface area (Å²) in [6.07, 6.45) is 5.17. The fourth-order valence-electron chi connectivity index (χ4n) is 3.93. The van der Waals surface area contributed by atoms with Gasteiger partial charge in [0.2, 0.25) is 0 Å². The Morgan fingerprint density at radius 3 is 2.76 bits per heavy atom. The summed E-state index contributed by atoms with van der Waals surface area (Å²) in [4.78, 5) is 18.7. The number of rotatable bonds is 4. The molecule has 0 atom stereocenters. The van der Waals surface area contributed by atoms with Gasteiger partial charge in [0.1, 0.15) is 17.0 Å². The molecule has 33 heavy (non-hydrogen) atoms. The SMILES string of the molecule is CN(C)c1cncc(-c2cc3c(-c4nc5c(-c6ccsc6)ccnc5[nH]4)n[nH]c3cc2F)c1. The van der Waals surface area contributed by atoms with Crippen LogP contribution in [-0.2, 0) is 0 Å². The van der Waals surface area contributed by atoms with Crippen molar-refractivity contribution in [1.82, 2.24) is 30.1 Å². The molecule has 0 aliphatic heterocycles. The van der Waals surface area contributed by atoms with Crippen molar-refractivity contribution in [2.45, 2.75) is 0 Å². The number of benzene rings is 1. The summed E-state index contributed by atoms with van der Waals surface area (Å²) < 4.78 is 15.0. The van der Waals surface area contributed by atoms with Crippen LogP contribution >= 0.6 is 11.3 Å². The Morgan fingerprint density at radius 2 is 1.94 bits per heavy atom. The van der Waals surface area contributed by atoms with Crippen molar-refractivity contribution in [2.75, 3.05) is 19.0 Å². The molecule has 0 aliphatic carbocycles. The lowest BCUT2D eigenvalue weighted by molar-refractivity contribution is 0.632. The predicted octanol–water partition coefficient (Wildman–Crippen LogP) is 5.50. The van der Waals surface area contributed by atoms with Gasteiger partial charge in [-0.2, -0.15) is 16.4 Å². The van der Waals surface area contributed by atoms with Crippen molar-refractivity contribution in [2.24, 2.45) is 0 Å². The first kappa shape index (κ1) is 19.6. The van der Waals surface area contributed by atoms with Crippen LogP contribution in [0.2, 0.25) is 0 Å². The molecule has 0 aliphatic rings. The van der Waals surface area contributed by atoms with Crippen LogP contribution in [0.3, 0.4) is 0 Å². The van der Waals surface area contributed by atoms with Gasteiger partial charge in [-0.3, -0.25) is 10.1 Å². The predicted molar refractivity (Wildman–Crippen MR) is 130 cm³/mol. The smallest absolute Gasteiger partial charge is 0.160 e. The van der Waals surface area contributed by atoms with Crippen LogP contribution in [0.1, 0.15) is 0 Å². The third-order valence-corrected chi connectivity index (χ3v) is 6.33. The van der Waals surface area contributed by atoms with Crippen LogP contribution in [0, 0.1) is 5.82 Å². The average Bonchev–Trinajstić information content (AvgIpc) is 3.57. The third-order valence-electron chi connectivity index (χ3n) is 5.64. The maximum atomic E-state index is 15.0. The number of nitrogens with zero attached hydrogens (tertiary/aromatic N) is 5. The second-order valence-corrected chi connectivity index (χ2v) is 8.71. The van der Waals surface area contributed by atoms with E-state index in [0.29, 0.717) is 33.8 Å². The number of anilines is 1. The molecule has 1 aromatic carbocycles. The Hall–Kier alpha value is -4.11. The number of hydrogen-bond donors (Lipinski definition) is 2. The van der Waals surface area contributed by atoms with Gasteiger partial charge in [0.15, 0.2) is 11.5 Å². The van der Waals surface area contributed by atoms with Gasteiger partial charge >= 0.3 is 0 Å². The number of pyridine rings is 2. The minimum absolute atomic E-state index is 0.346. The number of aromatic nitrogens is 6.